The van der Waals surface area contributed by atoms with Crippen molar-refractivity contribution in [1.29, 1.82) is 0 Å². The molecule has 212 valence electrons. The summed E-state index contributed by atoms with van der Waals surface area (Å²) in [5, 5.41) is 0. The maximum Gasteiger partial charge on any atom is 0.314 e. The van der Waals surface area contributed by atoms with Gasteiger partial charge in [-0.3, -0.25) is 4.79 Å². The Bertz CT molecular complexity index is 1300. The third kappa shape index (κ3) is 6.49. The molecule has 0 heterocycles. The number of hydrogen-bond acceptors (Lipinski definition) is 4. The number of hydrogen-bond donors (Lipinski definition) is 0. The SMILES string of the molecule is CC(C)=O.COc1ccc(C(C)(C)c2ccc(C(C)(C)c3ccc(OC(=O)C4CC5CCC4C5)cc3)cc2)cc1. The molecule has 5 rings (SSSR count). The van der Waals surface area contributed by atoms with Gasteiger partial charge in [-0.05, 0) is 91.5 Å². The summed E-state index contributed by atoms with van der Waals surface area (Å²) in [5.41, 5.74) is 4.70. The molecule has 2 fully saturated rings. The van der Waals surface area contributed by atoms with Crippen LogP contribution in [0.3, 0.4) is 0 Å². The number of ether oxygens (including phenoxy) is 2. The Kier molecular flexibility index (Phi) is 8.87. The lowest BCUT2D eigenvalue weighted by Gasteiger charge is -2.29. The van der Waals surface area contributed by atoms with E-state index in [1.165, 1.54) is 55.4 Å². The van der Waals surface area contributed by atoms with Crippen LogP contribution in [0.25, 0.3) is 0 Å². The van der Waals surface area contributed by atoms with Crippen LogP contribution in [-0.4, -0.2) is 18.9 Å². The Hall–Kier alpha value is -3.40. The number of carbonyl (C=O) groups is 2. The van der Waals surface area contributed by atoms with Crippen LogP contribution in [0.15, 0.2) is 72.8 Å². The standard InChI is InChI=1S/C33H38O3.C3H6O/c1-32(2,26-12-16-28(35-5)17-13-26)24-8-10-25(11-9-24)33(3,4)27-14-18-29(19-15-27)36-31(34)30-21-22-6-7-23(30)20-22;1-3(2)4/h8-19,22-23,30H,6-7,20-21H2,1-5H3;1-2H3. The Balaban J connectivity index is 0.000000867. The van der Waals surface area contributed by atoms with E-state index in [0.717, 1.165) is 18.1 Å². The highest BCUT2D eigenvalue weighted by atomic mass is 16.5. The third-order valence-electron chi connectivity index (χ3n) is 8.98. The van der Waals surface area contributed by atoms with Gasteiger partial charge in [0.1, 0.15) is 17.3 Å². The van der Waals surface area contributed by atoms with Gasteiger partial charge < -0.3 is 14.3 Å². The van der Waals surface area contributed by atoms with Gasteiger partial charge in [0.05, 0.1) is 13.0 Å². The van der Waals surface area contributed by atoms with Crippen LogP contribution in [0.1, 0.15) is 89.5 Å². The van der Waals surface area contributed by atoms with Crippen molar-refractivity contribution in [3.05, 3.63) is 95.1 Å². The first kappa shape index (κ1) is 29.6. The van der Waals surface area contributed by atoms with Gasteiger partial charge in [-0.2, -0.15) is 0 Å². The van der Waals surface area contributed by atoms with Crippen LogP contribution in [0, 0.1) is 17.8 Å². The van der Waals surface area contributed by atoms with Gasteiger partial charge in [0.25, 0.3) is 0 Å². The zero-order chi connectivity index (χ0) is 29.1. The summed E-state index contributed by atoms with van der Waals surface area (Å²) in [7, 11) is 1.69. The number of methoxy groups -OCH3 is 1. The van der Waals surface area contributed by atoms with E-state index in [2.05, 4.69) is 76.2 Å². The molecule has 0 aromatic heterocycles. The van der Waals surface area contributed by atoms with E-state index in [9.17, 15) is 9.59 Å². The van der Waals surface area contributed by atoms with Crippen molar-refractivity contribution in [2.75, 3.05) is 7.11 Å². The molecule has 40 heavy (non-hydrogen) atoms. The second-order valence-electron chi connectivity index (χ2n) is 12.7. The van der Waals surface area contributed by atoms with Gasteiger partial charge in [0, 0.05) is 10.8 Å². The van der Waals surface area contributed by atoms with Crippen LogP contribution in [0.5, 0.6) is 11.5 Å². The molecule has 3 aromatic rings. The van der Waals surface area contributed by atoms with Crippen molar-refractivity contribution in [2.45, 2.75) is 78.1 Å². The summed E-state index contributed by atoms with van der Waals surface area (Å²) in [6.45, 7) is 12.1. The van der Waals surface area contributed by atoms with Gasteiger partial charge in [-0.1, -0.05) is 82.6 Å². The molecule has 0 aliphatic heterocycles. The molecule has 2 bridgehead atoms. The van der Waals surface area contributed by atoms with Crippen molar-refractivity contribution >= 4 is 11.8 Å². The van der Waals surface area contributed by atoms with Crippen molar-refractivity contribution in [3.63, 3.8) is 0 Å². The largest absolute Gasteiger partial charge is 0.497 e. The Labute approximate surface area is 240 Å². The Morgan fingerprint density at radius 3 is 1.40 bits per heavy atom. The third-order valence-corrected chi connectivity index (χ3v) is 8.98. The van der Waals surface area contributed by atoms with Gasteiger partial charge in [0.2, 0.25) is 0 Å². The quantitative estimate of drug-likeness (QED) is 0.223. The fourth-order valence-electron chi connectivity index (χ4n) is 6.31. The molecule has 4 nitrogen and oxygen atoms in total. The summed E-state index contributed by atoms with van der Waals surface area (Å²) in [6, 6.07) is 25.4. The zero-order valence-electron chi connectivity index (χ0n) is 25.1. The fraction of sp³-hybridized carbons (Fsp3) is 0.444. The van der Waals surface area contributed by atoms with Gasteiger partial charge in [0.15, 0.2) is 0 Å². The second-order valence-corrected chi connectivity index (χ2v) is 12.7. The minimum absolute atomic E-state index is 0.0377. The summed E-state index contributed by atoms with van der Waals surface area (Å²) >= 11 is 0. The Morgan fingerprint density at radius 1 is 0.650 bits per heavy atom. The molecule has 0 amide bonds. The maximum atomic E-state index is 12.7. The number of esters is 1. The Morgan fingerprint density at radius 2 is 1.05 bits per heavy atom. The van der Waals surface area contributed by atoms with E-state index in [0.29, 0.717) is 11.7 Å². The van der Waals surface area contributed by atoms with Crippen LogP contribution >= 0.6 is 0 Å². The van der Waals surface area contributed by atoms with Crippen molar-refractivity contribution in [3.8, 4) is 11.5 Å². The summed E-state index contributed by atoms with van der Waals surface area (Å²) in [5.74, 6) is 3.03. The van der Waals surface area contributed by atoms with Gasteiger partial charge in [-0.25, -0.2) is 0 Å². The minimum atomic E-state index is -0.171. The summed E-state index contributed by atoms with van der Waals surface area (Å²) in [4.78, 5) is 22.2. The molecule has 2 saturated carbocycles. The highest BCUT2D eigenvalue weighted by Gasteiger charge is 2.44. The lowest BCUT2D eigenvalue weighted by atomic mass is 9.74. The minimum Gasteiger partial charge on any atom is -0.497 e. The summed E-state index contributed by atoms with van der Waals surface area (Å²) < 4.78 is 11.1. The molecule has 0 N–H and O–H groups in total. The van der Waals surface area contributed by atoms with E-state index in [1.807, 2.05) is 24.3 Å². The highest BCUT2D eigenvalue weighted by molar-refractivity contribution is 5.76. The van der Waals surface area contributed by atoms with Crippen LogP contribution in [0.2, 0.25) is 0 Å². The number of fused-ring (bicyclic) bond motifs is 2. The number of Topliss-reactive ketones (excluding diaryl/α,β-unsaturated/α-hetero) is 1. The lowest BCUT2D eigenvalue weighted by molar-refractivity contribution is -0.140. The molecule has 2 aliphatic carbocycles. The predicted octanol–water partition coefficient (Wildman–Crippen LogP) is 8.28. The molecular weight excluding hydrogens is 496 g/mol. The first-order valence-electron chi connectivity index (χ1n) is 14.5. The average molecular weight is 541 g/mol. The average Bonchev–Trinajstić information content (AvgIpc) is 3.57. The second kappa shape index (κ2) is 12.0. The number of ketones is 1. The predicted molar refractivity (Wildman–Crippen MR) is 161 cm³/mol. The van der Waals surface area contributed by atoms with Gasteiger partial charge >= 0.3 is 5.97 Å². The molecule has 0 saturated heterocycles. The smallest absolute Gasteiger partial charge is 0.314 e. The first-order chi connectivity index (χ1) is 18.9. The normalized spacial score (nSPS) is 19.9. The van der Waals surface area contributed by atoms with Crippen LogP contribution in [0.4, 0.5) is 0 Å². The topological polar surface area (TPSA) is 52.6 Å². The van der Waals surface area contributed by atoms with Crippen LogP contribution < -0.4 is 9.47 Å². The van der Waals surface area contributed by atoms with Crippen molar-refractivity contribution in [2.24, 2.45) is 17.8 Å². The maximum absolute atomic E-state index is 12.7. The monoisotopic (exact) mass is 540 g/mol. The number of benzene rings is 3. The van der Waals surface area contributed by atoms with E-state index in [1.54, 1.807) is 7.11 Å². The molecule has 0 spiro atoms. The molecule has 3 atom stereocenters. The van der Waals surface area contributed by atoms with Crippen molar-refractivity contribution < 1.29 is 19.1 Å². The molecule has 2 aliphatic rings. The van der Waals surface area contributed by atoms with Crippen molar-refractivity contribution in [1.82, 2.24) is 0 Å². The van der Waals surface area contributed by atoms with Gasteiger partial charge in [-0.15, -0.1) is 0 Å². The molecule has 0 radical (unpaired) electrons. The fourth-order valence-corrected chi connectivity index (χ4v) is 6.31. The molecule has 3 unspecified atom stereocenters. The van der Waals surface area contributed by atoms with E-state index < -0.39 is 0 Å². The van der Waals surface area contributed by atoms with E-state index in [4.69, 9.17) is 9.47 Å². The molecular formula is C36H44O4. The first-order valence-corrected chi connectivity index (χ1v) is 14.5. The summed E-state index contributed by atoms with van der Waals surface area (Å²) in [6.07, 6.45) is 4.70. The zero-order valence-corrected chi connectivity index (χ0v) is 25.1. The number of carbonyl (C=O) groups excluding carboxylic acids is 2. The molecule has 4 heteroatoms. The lowest BCUT2D eigenvalue weighted by Crippen LogP contribution is -2.25. The molecule has 3 aromatic carbocycles. The highest BCUT2D eigenvalue weighted by Crippen LogP contribution is 2.48. The van der Waals surface area contributed by atoms with Crippen LogP contribution in [-0.2, 0) is 20.4 Å². The van der Waals surface area contributed by atoms with E-state index >= 15 is 0 Å². The number of rotatable bonds is 7. The van der Waals surface area contributed by atoms with E-state index in [-0.39, 0.29) is 28.5 Å².